The summed E-state index contributed by atoms with van der Waals surface area (Å²) in [5.74, 6) is 6.43. The summed E-state index contributed by atoms with van der Waals surface area (Å²) >= 11 is 7.66. The van der Waals surface area contributed by atoms with Gasteiger partial charge in [-0.15, -0.1) is 11.3 Å². The zero-order valence-corrected chi connectivity index (χ0v) is 19.6. The average Bonchev–Trinajstić information content (AvgIpc) is 3.62. The van der Waals surface area contributed by atoms with E-state index in [2.05, 4.69) is 67.1 Å². The number of nitrogens with zero attached hydrogens (tertiary/aromatic N) is 4. The first-order valence-electron chi connectivity index (χ1n) is 10.8. The molecular weight excluding hydrogens is 464 g/mol. The second-order valence-corrected chi connectivity index (χ2v) is 9.40. The van der Waals surface area contributed by atoms with E-state index >= 15 is 0 Å². The predicted molar refractivity (Wildman–Crippen MR) is 136 cm³/mol. The zero-order chi connectivity index (χ0) is 22.9. The molecular formula is C26H19ClN6S. The molecule has 0 atom stereocenters. The zero-order valence-electron chi connectivity index (χ0n) is 18.0. The molecule has 1 aliphatic carbocycles. The van der Waals surface area contributed by atoms with E-state index in [1.54, 1.807) is 24.0 Å². The molecule has 166 valence electrons. The number of halogens is 1. The molecule has 5 aromatic rings. The van der Waals surface area contributed by atoms with Crippen LogP contribution in [0.3, 0.4) is 0 Å². The smallest absolute Gasteiger partial charge is 0.137 e. The van der Waals surface area contributed by atoms with Crippen LogP contribution in [0.15, 0.2) is 66.6 Å². The van der Waals surface area contributed by atoms with Crippen LogP contribution in [-0.4, -0.2) is 31.5 Å². The van der Waals surface area contributed by atoms with Crippen molar-refractivity contribution in [1.82, 2.24) is 25.0 Å². The Morgan fingerprint density at radius 2 is 2.15 bits per heavy atom. The van der Waals surface area contributed by atoms with Crippen molar-refractivity contribution in [2.75, 3.05) is 11.9 Å². The summed E-state index contributed by atoms with van der Waals surface area (Å²) in [6.45, 7) is 1.27. The van der Waals surface area contributed by atoms with Crippen LogP contribution in [0.4, 0.5) is 5.69 Å². The molecule has 6 rings (SSSR count). The molecule has 1 aliphatic rings. The number of aromatic nitrogens is 5. The van der Waals surface area contributed by atoms with Gasteiger partial charge < -0.3 is 5.32 Å². The van der Waals surface area contributed by atoms with Crippen molar-refractivity contribution in [3.63, 3.8) is 0 Å². The quantitative estimate of drug-likeness (QED) is 0.320. The maximum Gasteiger partial charge on any atom is 0.137 e. The third kappa shape index (κ3) is 4.10. The summed E-state index contributed by atoms with van der Waals surface area (Å²) < 4.78 is 1.83. The Morgan fingerprint density at radius 3 is 3.03 bits per heavy atom. The number of thiophene rings is 1. The normalized spacial score (nSPS) is 11.6. The van der Waals surface area contributed by atoms with E-state index in [4.69, 9.17) is 11.6 Å². The van der Waals surface area contributed by atoms with Crippen molar-refractivity contribution in [2.45, 2.75) is 13.0 Å². The molecule has 0 radical (unpaired) electrons. The SMILES string of the molecule is Clc1cccc(NCC#Cc2cc(-c3n[nH]c4c3Cc3cc(Cn5cncn5)ccc3-4)cs2)c1. The predicted octanol–water partition coefficient (Wildman–Crippen LogP) is 5.47. The Kier molecular flexibility index (Phi) is 5.38. The fourth-order valence-corrected chi connectivity index (χ4v) is 5.18. The highest BCUT2D eigenvalue weighted by Gasteiger charge is 2.25. The van der Waals surface area contributed by atoms with Gasteiger partial charge in [0.15, 0.2) is 0 Å². The fourth-order valence-electron chi connectivity index (χ4n) is 4.23. The number of benzene rings is 2. The largest absolute Gasteiger partial charge is 0.374 e. The molecule has 6 nitrogen and oxygen atoms in total. The van der Waals surface area contributed by atoms with Gasteiger partial charge in [0.25, 0.3) is 0 Å². The summed E-state index contributed by atoms with van der Waals surface area (Å²) in [6.07, 6.45) is 4.16. The van der Waals surface area contributed by atoms with Gasteiger partial charge in [0.2, 0.25) is 0 Å². The summed E-state index contributed by atoms with van der Waals surface area (Å²) in [5.41, 5.74) is 9.17. The van der Waals surface area contributed by atoms with Crippen molar-refractivity contribution < 1.29 is 0 Å². The van der Waals surface area contributed by atoms with Gasteiger partial charge in [-0.05, 0) is 35.4 Å². The third-order valence-electron chi connectivity index (χ3n) is 5.77. The molecule has 2 N–H and O–H groups in total. The maximum atomic E-state index is 6.02. The standard InChI is InChI=1S/C26H19ClN6S/c27-20-3-1-4-21(12-20)29-8-2-5-22-10-19(14-34-22)25-24-11-18-9-17(13-33-16-28-15-30-33)6-7-23(18)26(24)32-31-25/h1,3-4,6-7,9-10,12,14-16,29H,8,11,13H2,(H,31,32). The number of H-pyrrole nitrogens is 1. The van der Waals surface area contributed by atoms with E-state index in [0.717, 1.165) is 33.9 Å². The fraction of sp³-hybridized carbons (Fsp3) is 0.115. The van der Waals surface area contributed by atoms with Crippen molar-refractivity contribution in [3.8, 4) is 34.4 Å². The number of anilines is 1. The molecule has 0 aliphatic heterocycles. The Balaban J connectivity index is 1.16. The molecule has 8 heteroatoms. The van der Waals surface area contributed by atoms with Crippen LogP contribution in [0.25, 0.3) is 22.5 Å². The molecule has 0 spiro atoms. The topological polar surface area (TPSA) is 71.4 Å². The van der Waals surface area contributed by atoms with Gasteiger partial charge in [-0.3, -0.25) is 5.10 Å². The van der Waals surface area contributed by atoms with E-state index in [0.29, 0.717) is 18.1 Å². The van der Waals surface area contributed by atoms with Gasteiger partial charge in [0.05, 0.1) is 29.4 Å². The average molecular weight is 483 g/mol. The lowest BCUT2D eigenvalue weighted by molar-refractivity contribution is 0.684. The van der Waals surface area contributed by atoms with E-state index in [9.17, 15) is 0 Å². The Hall–Kier alpha value is -3.86. The molecule has 0 fully saturated rings. The van der Waals surface area contributed by atoms with Crippen LogP contribution >= 0.6 is 22.9 Å². The highest BCUT2D eigenvalue weighted by atomic mass is 35.5. The minimum absolute atomic E-state index is 0.553. The first-order valence-corrected chi connectivity index (χ1v) is 12.1. The number of hydrogen-bond donors (Lipinski definition) is 2. The van der Waals surface area contributed by atoms with Crippen molar-refractivity contribution in [1.29, 1.82) is 0 Å². The van der Waals surface area contributed by atoms with Gasteiger partial charge in [-0.1, -0.05) is 47.7 Å². The van der Waals surface area contributed by atoms with Gasteiger partial charge >= 0.3 is 0 Å². The molecule has 34 heavy (non-hydrogen) atoms. The van der Waals surface area contributed by atoms with Crippen LogP contribution in [0.1, 0.15) is 21.6 Å². The minimum Gasteiger partial charge on any atom is -0.374 e. The summed E-state index contributed by atoms with van der Waals surface area (Å²) in [6, 6.07) is 16.3. The second kappa shape index (κ2) is 8.82. The second-order valence-electron chi connectivity index (χ2n) is 8.05. The van der Waals surface area contributed by atoms with E-state index in [-0.39, 0.29) is 0 Å². The van der Waals surface area contributed by atoms with Crippen molar-refractivity contribution in [2.24, 2.45) is 0 Å². The highest BCUT2D eigenvalue weighted by molar-refractivity contribution is 7.11. The number of hydrogen-bond acceptors (Lipinski definition) is 5. The lowest BCUT2D eigenvalue weighted by atomic mass is 10.1. The number of rotatable bonds is 5. The van der Waals surface area contributed by atoms with Crippen molar-refractivity contribution >= 4 is 28.6 Å². The first-order chi connectivity index (χ1) is 16.7. The van der Waals surface area contributed by atoms with Crippen LogP contribution < -0.4 is 5.32 Å². The molecule has 3 heterocycles. The monoisotopic (exact) mass is 482 g/mol. The van der Waals surface area contributed by atoms with E-state index < -0.39 is 0 Å². The number of fused-ring (bicyclic) bond motifs is 3. The lowest BCUT2D eigenvalue weighted by Crippen LogP contribution is -2.00. The summed E-state index contributed by atoms with van der Waals surface area (Å²) in [4.78, 5) is 5.04. The Labute approximate surface area is 205 Å². The third-order valence-corrected chi connectivity index (χ3v) is 6.86. The molecule has 0 saturated heterocycles. The van der Waals surface area contributed by atoms with Gasteiger partial charge in [-0.2, -0.15) is 10.2 Å². The van der Waals surface area contributed by atoms with Crippen LogP contribution in [0.5, 0.6) is 0 Å². The maximum absolute atomic E-state index is 6.02. The summed E-state index contributed by atoms with van der Waals surface area (Å²) in [5, 5.41) is 18.2. The van der Waals surface area contributed by atoms with Crippen LogP contribution in [0.2, 0.25) is 5.02 Å². The Morgan fingerprint density at radius 1 is 1.18 bits per heavy atom. The lowest BCUT2D eigenvalue weighted by Gasteiger charge is -2.05. The van der Waals surface area contributed by atoms with Gasteiger partial charge in [0, 0.05) is 39.2 Å². The van der Waals surface area contributed by atoms with Crippen molar-refractivity contribution in [3.05, 3.63) is 93.2 Å². The van der Waals surface area contributed by atoms with Gasteiger partial charge in [-0.25, -0.2) is 9.67 Å². The minimum atomic E-state index is 0.553. The molecule has 3 aromatic heterocycles. The van der Waals surface area contributed by atoms with Crippen LogP contribution in [0, 0.1) is 11.8 Å². The molecule has 0 amide bonds. The Bertz CT molecular complexity index is 1540. The van der Waals surface area contributed by atoms with E-state index in [1.807, 2.05) is 28.9 Å². The number of aromatic amines is 1. The highest BCUT2D eigenvalue weighted by Crippen LogP contribution is 2.41. The summed E-state index contributed by atoms with van der Waals surface area (Å²) in [7, 11) is 0. The van der Waals surface area contributed by atoms with Gasteiger partial charge in [0.1, 0.15) is 12.7 Å². The molecule has 0 unspecified atom stereocenters. The molecule has 2 aromatic carbocycles. The number of nitrogens with one attached hydrogen (secondary N) is 2. The first kappa shape index (κ1) is 20.7. The molecule has 0 saturated carbocycles. The van der Waals surface area contributed by atoms with E-state index in [1.165, 1.54) is 22.3 Å². The van der Waals surface area contributed by atoms with Crippen LogP contribution in [-0.2, 0) is 13.0 Å². The molecule has 0 bridgehead atoms.